The summed E-state index contributed by atoms with van der Waals surface area (Å²) < 4.78 is 42.1. The maximum atomic E-state index is 12.6. The lowest BCUT2D eigenvalue weighted by atomic mass is 9.43. The zero-order valence-corrected chi connectivity index (χ0v) is 32.9. The van der Waals surface area contributed by atoms with E-state index in [2.05, 4.69) is 13.8 Å². The average molecular weight is 781 g/mol. The van der Waals surface area contributed by atoms with Gasteiger partial charge in [-0.3, -0.25) is 0 Å². The van der Waals surface area contributed by atoms with E-state index in [-0.39, 0.29) is 55.2 Å². The number of esters is 1. The Hall–Kier alpha value is -1.27. The summed E-state index contributed by atoms with van der Waals surface area (Å²) in [5.41, 5.74) is -0.686. The van der Waals surface area contributed by atoms with Crippen molar-refractivity contribution in [2.45, 2.75) is 197 Å². The van der Waals surface area contributed by atoms with E-state index in [0.717, 1.165) is 50.5 Å². The molecule has 8 aliphatic rings. The van der Waals surface area contributed by atoms with Crippen molar-refractivity contribution in [3.8, 4) is 0 Å². The van der Waals surface area contributed by atoms with Crippen LogP contribution < -0.4 is 0 Å². The van der Waals surface area contributed by atoms with Crippen LogP contribution in [0.15, 0.2) is 11.6 Å². The minimum atomic E-state index is -1.01. The molecule has 8 rings (SSSR count). The molecular weight excluding hydrogens is 716 g/mol. The summed E-state index contributed by atoms with van der Waals surface area (Å²) in [6, 6.07) is 0. The fourth-order valence-corrected chi connectivity index (χ4v) is 12.9. The fourth-order valence-electron chi connectivity index (χ4n) is 12.9. The highest BCUT2D eigenvalue weighted by Gasteiger charge is 2.70. The van der Waals surface area contributed by atoms with Crippen molar-refractivity contribution in [2.24, 2.45) is 34.5 Å². The van der Waals surface area contributed by atoms with Crippen LogP contribution in [0.2, 0.25) is 0 Å². The summed E-state index contributed by atoms with van der Waals surface area (Å²) in [5, 5.41) is 66.3. The lowest BCUT2D eigenvalue weighted by Gasteiger charge is -2.63. The Morgan fingerprint density at radius 2 is 1.29 bits per heavy atom. The van der Waals surface area contributed by atoms with Gasteiger partial charge >= 0.3 is 5.97 Å². The second kappa shape index (κ2) is 15.1. The van der Waals surface area contributed by atoms with Gasteiger partial charge in [0, 0.05) is 43.1 Å². The molecule has 0 spiro atoms. The molecular formula is C41H64O14. The Labute approximate surface area is 323 Å². The van der Waals surface area contributed by atoms with E-state index in [1.165, 1.54) is 6.08 Å². The lowest BCUT2D eigenvalue weighted by molar-refractivity contribution is -0.336. The smallest absolute Gasteiger partial charge is 0.331 e. The van der Waals surface area contributed by atoms with Crippen LogP contribution in [-0.2, 0) is 38.0 Å². The molecule has 0 aromatic carbocycles. The van der Waals surface area contributed by atoms with Crippen LogP contribution in [-0.4, -0.2) is 135 Å². The van der Waals surface area contributed by atoms with Crippen LogP contribution in [0.1, 0.15) is 105 Å². The Morgan fingerprint density at radius 1 is 0.691 bits per heavy atom. The zero-order valence-electron chi connectivity index (χ0n) is 32.9. The number of hydrogen-bond donors (Lipinski definition) is 6. The van der Waals surface area contributed by atoms with Crippen molar-refractivity contribution in [1.29, 1.82) is 0 Å². The molecule has 0 aromatic rings. The summed E-state index contributed by atoms with van der Waals surface area (Å²) in [6.45, 7) is 9.98. The quantitative estimate of drug-likeness (QED) is 0.162. The molecule has 14 nitrogen and oxygen atoms in total. The summed E-state index contributed by atoms with van der Waals surface area (Å²) in [7, 11) is 0. The molecule has 14 heteroatoms. The second-order valence-electron chi connectivity index (χ2n) is 18.9. The number of cyclic esters (lactones) is 1. The largest absolute Gasteiger partial charge is 0.458 e. The molecule has 4 saturated carbocycles. The third kappa shape index (κ3) is 7.05. The molecule has 312 valence electrons. The number of ether oxygens (including phenoxy) is 7. The first kappa shape index (κ1) is 40.5. The minimum absolute atomic E-state index is 0.0203. The van der Waals surface area contributed by atoms with Gasteiger partial charge in [-0.05, 0) is 94.5 Å². The van der Waals surface area contributed by atoms with Crippen LogP contribution in [0.25, 0.3) is 0 Å². The molecule has 3 saturated heterocycles. The predicted molar refractivity (Wildman–Crippen MR) is 193 cm³/mol. The number of aliphatic hydroxyl groups excluding tert-OH is 5. The molecule has 4 aliphatic carbocycles. The Morgan fingerprint density at radius 3 is 1.87 bits per heavy atom. The highest BCUT2D eigenvalue weighted by atomic mass is 16.7. The molecule has 6 N–H and O–H groups in total. The number of carbonyl (C=O) groups is 1. The summed E-state index contributed by atoms with van der Waals surface area (Å²) >= 11 is 0. The summed E-state index contributed by atoms with van der Waals surface area (Å²) in [4.78, 5) is 12.0. The van der Waals surface area contributed by atoms with Gasteiger partial charge < -0.3 is 63.8 Å². The van der Waals surface area contributed by atoms with Crippen LogP contribution >= 0.6 is 0 Å². The van der Waals surface area contributed by atoms with Gasteiger partial charge in [0.05, 0.1) is 54.4 Å². The third-order valence-electron chi connectivity index (χ3n) is 15.8. The van der Waals surface area contributed by atoms with Gasteiger partial charge in [-0.25, -0.2) is 4.79 Å². The first-order chi connectivity index (χ1) is 26.0. The SMILES string of the molecule is C[C@@H]1O[C@H](O[C@@H]2[C@H](O)C[C@H](O[C@@H]3[C@H](O)C[C@H](O[C@@H]4CC[C@@]5(C)[C@H](CC[C@@H]6[C@@H]5CC[C@]5(C)[C@H](C7=CC(=O)OC7)[C@H](O)C[C@@]65O)C4)O[C@@H]3C)O[C@@H]2C)C[C@@H](O)[C@H]1O. The monoisotopic (exact) mass is 780 g/mol. The van der Waals surface area contributed by atoms with E-state index in [9.17, 15) is 35.4 Å². The number of rotatable bonds is 7. The number of aliphatic hydroxyl groups is 6. The van der Waals surface area contributed by atoms with Gasteiger partial charge in [0.2, 0.25) is 0 Å². The summed E-state index contributed by atoms with van der Waals surface area (Å²) in [6.07, 6.45) is -1.26. The zero-order chi connectivity index (χ0) is 39.2. The molecule has 4 heterocycles. The molecule has 0 aromatic heterocycles. The van der Waals surface area contributed by atoms with Crippen LogP contribution in [0.4, 0.5) is 0 Å². The van der Waals surface area contributed by atoms with Crippen molar-refractivity contribution in [2.75, 3.05) is 6.61 Å². The highest BCUT2D eigenvalue weighted by molar-refractivity contribution is 5.85. The van der Waals surface area contributed by atoms with Crippen molar-refractivity contribution < 1.29 is 68.6 Å². The minimum Gasteiger partial charge on any atom is -0.458 e. The van der Waals surface area contributed by atoms with Crippen LogP contribution in [0, 0.1) is 34.5 Å². The molecule has 21 atom stereocenters. The number of hydrogen-bond acceptors (Lipinski definition) is 14. The Balaban J connectivity index is 0.834. The second-order valence-corrected chi connectivity index (χ2v) is 18.9. The summed E-state index contributed by atoms with van der Waals surface area (Å²) in [5.74, 6) is 0.174. The van der Waals surface area contributed by atoms with Crippen LogP contribution in [0.3, 0.4) is 0 Å². The van der Waals surface area contributed by atoms with Crippen molar-refractivity contribution in [3.63, 3.8) is 0 Å². The molecule has 0 bridgehead atoms. The first-order valence-electron chi connectivity index (χ1n) is 20.9. The maximum absolute atomic E-state index is 12.6. The first-order valence-corrected chi connectivity index (χ1v) is 20.9. The fraction of sp³-hybridized carbons (Fsp3) is 0.927. The van der Waals surface area contributed by atoms with Gasteiger partial charge in [0.25, 0.3) is 0 Å². The van der Waals surface area contributed by atoms with E-state index >= 15 is 0 Å². The van der Waals surface area contributed by atoms with E-state index < -0.39 is 90.9 Å². The van der Waals surface area contributed by atoms with Gasteiger partial charge in [0.1, 0.15) is 24.9 Å². The molecule has 4 aliphatic heterocycles. The number of fused-ring (bicyclic) bond motifs is 5. The van der Waals surface area contributed by atoms with E-state index in [4.69, 9.17) is 33.2 Å². The van der Waals surface area contributed by atoms with E-state index in [1.807, 2.05) is 6.92 Å². The average Bonchev–Trinajstić information content (AvgIpc) is 3.62. The van der Waals surface area contributed by atoms with Crippen LogP contribution in [0.5, 0.6) is 0 Å². The maximum Gasteiger partial charge on any atom is 0.331 e. The van der Waals surface area contributed by atoms with Gasteiger partial charge in [-0.2, -0.15) is 0 Å². The Kier molecular flexibility index (Phi) is 11.1. The molecule has 7 fully saturated rings. The molecule has 0 radical (unpaired) electrons. The van der Waals surface area contributed by atoms with Gasteiger partial charge in [0.15, 0.2) is 18.9 Å². The molecule has 55 heavy (non-hydrogen) atoms. The lowest BCUT2D eigenvalue weighted by Crippen LogP contribution is -2.62. The van der Waals surface area contributed by atoms with E-state index in [1.54, 1.807) is 13.8 Å². The third-order valence-corrected chi connectivity index (χ3v) is 15.8. The predicted octanol–water partition coefficient (Wildman–Crippen LogP) is 2.22. The highest BCUT2D eigenvalue weighted by Crippen LogP contribution is 2.70. The number of carbonyl (C=O) groups excluding carboxylic acids is 1. The Bertz CT molecular complexity index is 1410. The van der Waals surface area contributed by atoms with Gasteiger partial charge in [-0.1, -0.05) is 13.8 Å². The normalized spacial score (nSPS) is 55.5. The van der Waals surface area contributed by atoms with Gasteiger partial charge in [-0.15, -0.1) is 0 Å². The molecule has 0 unspecified atom stereocenters. The van der Waals surface area contributed by atoms with Crippen molar-refractivity contribution in [3.05, 3.63) is 11.6 Å². The van der Waals surface area contributed by atoms with Crippen molar-refractivity contribution >= 4 is 5.97 Å². The van der Waals surface area contributed by atoms with Crippen molar-refractivity contribution in [1.82, 2.24) is 0 Å². The molecule has 0 amide bonds. The topological polar surface area (TPSA) is 203 Å². The standard InChI is InChI=1S/C41H64O14/c1-19-36(47)27(42)14-33(50-19)54-38-21(3)52-34(16-29(38)44)55-37-20(2)51-32(15-28(37)43)53-24-8-10-39(4)23(13-24)6-7-26-25(39)9-11-40(5)35(22-12-31(46)49-18-22)30(45)17-41(26,40)48/h12,19-21,23-30,32-38,42-45,47-48H,6-11,13-18H2,1-5H3/t19-,20+,21+,23+,24+,25-,26+,27+,28+,29+,30+,32-,33+,34-,35+,36-,37-,38-,39-,40+,41+/m0/s1. The van der Waals surface area contributed by atoms with E-state index in [0.29, 0.717) is 18.3 Å².